The molecule has 0 spiro atoms. The van der Waals surface area contributed by atoms with Crippen LogP contribution >= 0.6 is 0 Å². The number of nitrogens with two attached hydrogens (primary N) is 1. The van der Waals surface area contributed by atoms with E-state index in [1.54, 1.807) is 7.11 Å². The number of carbonyl (C=O) groups is 1. The molecule has 0 bridgehead atoms. The molecular weight excluding hydrogens is 216 g/mol. The van der Waals surface area contributed by atoms with Gasteiger partial charge in [-0.2, -0.15) is 0 Å². The third-order valence-electron chi connectivity index (χ3n) is 3.37. The van der Waals surface area contributed by atoms with Crippen LogP contribution in [0.5, 0.6) is 0 Å². The number of hydrogen-bond acceptors (Lipinski definition) is 3. The minimum atomic E-state index is -0.325. The molecular formula is C13H26N2O2. The van der Waals surface area contributed by atoms with Crippen LogP contribution in [-0.4, -0.2) is 43.7 Å². The highest BCUT2D eigenvalue weighted by atomic mass is 16.5. The molecule has 17 heavy (non-hydrogen) atoms. The number of methoxy groups -OCH3 is 1. The lowest BCUT2D eigenvalue weighted by atomic mass is 9.96. The van der Waals surface area contributed by atoms with E-state index >= 15 is 0 Å². The molecule has 100 valence electrons. The van der Waals surface area contributed by atoms with Gasteiger partial charge in [0.05, 0.1) is 6.04 Å². The number of hydrogen-bond donors (Lipinski definition) is 1. The molecule has 0 aromatic rings. The van der Waals surface area contributed by atoms with Gasteiger partial charge in [0.1, 0.15) is 0 Å². The Hall–Kier alpha value is -0.610. The second-order valence-electron chi connectivity index (χ2n) is 5.46. The lowest BCUT2D eigenvalue weighted by Crippen LogP contribution is -2.47. The maximum Gasteiger partial charge on any atom is 0.239 e. The summed E-state index contributed by atoms with van der Waals surface area (Å²) in [6, 6.07) is -0.325. The first-order valence-corrected chi connectivity index (χ1v) is 6.58. The summed E-state index contributed by atoms with van der Waals surface area (Å²) < 4.78 is 5.15. The Labute approximate surface area is 104 Å². The van der Waals surface area contributed by atoms with E-state index < -0.39 is 0 Å². The van der Waals surface area contributed by atoms with E-state index in [0.717, 1.165) is 39.0 Å². The first kappa shape index (κ1) is 14.5. The van der Waals surface area contributed by atoms with Crippen molar-refractivity contribution in [3.63, 3.8) is 0 Å². The van der Waals surface area contributed by atoms with Crippen molar-refractivity contribution in [2.75, 3.05) is 26.8 Å². The molecule has 0 aliphatic carbocycles. The van der Waals surface area contributed by atoms with E-state index in [4.69, 9.17) is 10.5 Å². The van der Waals surface area contributed by atoms with Crippen molar-refractivity contribution >= 4 is 5.91 Å². The van der Waals surface area contributed by atoms with Crippen LogP contribution in [0.1, 0.15) is 33.1 Å². The number of likely N-dealkylation sites (tertiary alicyclic amines) is 1. The third-order valence-corrected chi connectivity index (χ3v) is 3.37. The highest BCUT2D eigenvalue weighted by Crippen LogP contribution is 2.18. The summed E-state index contributed by atoms with van der Waals surface area (Å²) in [5, 5.41) is 0. The summed E-state index contributed by atoms with van der Waals surface area (Å²) in [4.78, 5) is 14.0. The zero-order valence-corrected chi connectivity index (χ0v) is 11.3. The Morgan fingerprint density at radius 3 is 2.47 bits per heavy atom. The summed E-state index contributed by atoms with van der Waals surface area (Å²) in [7, 11) is 1.73. The zero-order chi connectivity index (χ0) is 12.8. The molecule has 1 unspecified atom stereocenters. The summed E-state index contributed by atoms with van der Waals surface area (Å²) >= 11 is 0. The van der Waals surface area contributed by atoms with E-state index in [-0.39, 0.29) is 11.9 Å². The van der Waals surface area contributed by atoms with Crippen molar-refractivity contribution in [2.45, 2.75) is 39.2 Å². The molecule has 0 radical (unpaired) electrons. The largest absolute Gasteiger partial charge is 0.384 e. The lowest BCUT2D eigenvalue weighted by Gasteiger charge is -2.33. The second kappa shape index (κ2) is 6.97. The molecule has 0 saturated carbocycles. The highest BCUT2D eigenvalue weighted by Gasteiger charge is 2.26. The standard InChI is InChI=1S/C13H26N2O2/c1-10(2)8-12(14)13(16)15-6-4-11(5-7-15)9-17-3/h10-12H,4-9,14H2,1-3H3. The maximum absolute atomic E-state index is 12.1. The minimum Gasteiger partial charge on any atom is -0.384 e. The van der Waals surface area contributed by atoms with Crippen LogP contribution in [0.3, 0.4) is 0 Å². The van der Waals surface area contributed by atoms with E-state index in [1.807, 2.05) is 4.90 Å². The third kappa shape index (κ3) is 4.64. The number of carbonyl (C=O) groups excluding carboxylic acids is 1. The van der Waals surface area contributed by atoms with E-state index in [9.17, 15) is 4.79 Å². The van der Waals surface area contributed by atoms with E-state index in [1.165, 1.54) is 0 Å². The van der Waals surface area contributed by atoms with Crippen LogP contribution in [0, 0.1) is 11.8 Å². The maximum atomic E-state index is 12.1. The topological polar surface area (TPSA) is 55.6 Å². The fraction of sp³-hybridized carbons (Fsp3) is 0.923. The predicted molar refractivity (Wildman–Crippen MR) is 68.6 cm³/mol. The van der Waals surface area contributed by atoms with Gasteiger partial charge in [-0.3, -0.25) is 4.79 Å². The molecule has 1 aliphatic rings. The van der Waals surface area contributed by atoms with Gasteiger partial charge in [-0.25, -0.2) is 0 Å². The molecule has 4 nitrogen and oxygen atoms in total. The van der Waals surface area contributed by atoms with E-state index in [2.05, 4.69) is 13.8 Å². The number of nitrogens with zero attached hydrogens (tertiary/aromatic N) is 1. The second-order valence-corrected chi connectivity index (χ2v) is 5.46. The minimum absolute atomic E-state index is 0.120. The van der Waals surface area contributed by atoms with Gasteiger partial charge in [-0.05, 0) is 31.1 Å². The van der Waals surface area contributed by atoms with Crippen LogP contribution in [0.2, 0.25) is 0 Å². The normalized spacial score (nSPS) is 19.7. The van der Waals surface area contributed by atoms with Gasteiger partial charge in [-0.15, -0.1) is 0 Å². The van der Waals surface area contributed by atoms with Crippen molar-refractivity contribution < 1.29 is 9.53 Å². The van der Waals surface area contributed by atoms with E-state index in [0.29, 0.717) is 11.8 Å². The quantitative estimate of drug-likeness (QED) is 0.789. The molecule has 0 aromatic carbocycles. The molecule has 1 rings (SSSR count). The average molecular weight is 242 g/mol. The van der Waals surface area contributed by atoms with Crippen LogP contribution in [0.15, 0.2) is 0 Å². The molecule has 1 aliphatic heterocycles. The van der Waals surface area contributed by atoms with Gasteiger partial charge in [0.25, 0.3) is 0 Å². The fourth-order valence-electron chi connectivity index (χ4n) is 2.40. The number of rotatable bonds is 5. The molecule has 2 N–H and O–H groups in total. The van der Waals surface area contributed by atoms with Crippen LogP contribution < -0.4 is 5.73 Å². The van der Waals surface area contributed by atoms with Crippen molar-refractivity contribution in [3.05, 3.63) is 0 Å². The Morgan fingerprint density at radius 1 is 1.41 bits per heavy atom. The fourth-order valence-corrected chi connectivity index (χ4v) is 2.40. The number of piperidine rings is 1. The number of amides is 1. The molecule has 1 heterocycles. The van der Waals surface area contributed by atoms with Gasteiger partial charge >= 0.3 is 0 Å². The molecule has 4 heteroatoms. The summed E-state index contributed by atoms with van der Waals surface area (Å²) in [6.07, 6.45) is 2.85. The van der Waals surface area contributed by atoms with Gasteiger partial charge in [0.15, 0.2) is 0 Å². The molecule has 1 amide bonds. The Morgan fingerprint density at radius 2 is 2.00 bits per heavy atom. The summed E-state index contributed by atoms with van der Waals surface area (Å²) in [6.45, 7) is 6.66. The molecule has 0 aromatic heterocycles. The Balaban J connectivity index is 2.35. The lowest BCUT2D eigenvalue weighted by molar-refractivity contribution is -0.134. The van der Waals surface area contributed by atoms with Crippen molar-refractivity contribution in [3.8, 4) is 0 Å². The van der Waals surface area contributed by atoms with Crippen LogP contribution in [-0.2, 0) is 9.53 Å². The SMILES string of the molecule is COCC1CCN(C(=O)C(N)CC(C)C)CC1. The Kier molecular flexibility index (Phi) is 5.92. The van der Waals surface area contributed by atoms with Crippen molar-refractivity contribution in [1.29, 1.82) is 0 Å². The van der Waals surface area contributed by atoms with Gasteiger partial charge in [0.2, 0.25) is 5.91 Å². The molecule has 1 fully saturated rings. The Bertz CT molecular complexity index is 236. The smallest absolute Gasteiger partial charge is 0.239 e. The predicted octanol–water partition coefficient (Wildman–Crippen LogP) is 1.24. The highest BCUT2D eigenvalue weighted by molar-refractivity contribution is 5.81. The zero-order valence-electron chi connectivity index (χ0n) is 11.3. The van der Waals surface area contributed by atoms with Crippen molar-refractivity contribution in [2.24, 2.45) is 17.6 Å². The average Bonchev–Trinajstić information content (AvgIpc) is 2.28. The van der Waals surface area contributed by atoms with Crippen molar-refractivity contribution in [1.82, 2.24) is 4.90 Å². The van der Waals surface area contributed by atoms with Crippen LogP contribution in [0.4, 0.5) is 0 Å². The van der Waals surface area contributed by atoms with Crippen LogP contribution in [0.25, 0.3) is 0 Å². The first-order chi connectivity index (χ1) is 8.04. The monoisotopic (exact) mass is 242 g/mol. The molecule has 1 atom stereocenters. The summed E-state index contributed by atoms with van der Waals surface area (Å²) in [5.41, 5.74) is 5.93. The first-order valence-electron chi connectivity index (χ1n) is 6.58. The molecule has 1 saturated heterocycles. The van der Waals surface area contributed by atoms with Gasteiger partial charge in [0, 0.05) is 26.8 Å². The van der Waals surface area contributed by atoms with Gasteiger partial charge in [-0.1, -0.05) is 13.8 Å². The number of ether oxygens (including phenoxy) is 1. The summed E-state index contributed by atoms with van der Waals surface area (Å²) in [5.74, 6) is 1.19. The van der Waals surface area contributed by atoms with Gasteiger partial charge < -0.3 is 15.4 Å².